The highest BCUT2D eigenvalue weighted by atomic mass is 79.9. The first-order valence-corrected chi connectivity index (χ1v) is 6.93. The number of hydrogen-bond donors (Lipinski definition) is 1. The number of aliphatic hydroxyl groups is 1. The van der Waals surface area contributed by atoms with Gasteiger partial charge in [0.25, 0.3) is 0 Å². The molecule has 2 unspecified atom stereocenters. The molecule has 2 nitrogen and oxygen atoms in total. The Bertz CT molecular complexity index is 380. The molecule has 0 saturated heterocycles. The molecule has 0 amide bonds. The van der Waals surface area contributed by atoms with Crippen LogP contribution in [-0.4, -0.2) is 23.9 Å². The maximum Gasteiger partial charge on any atom is 0.0948 e. The second-order valence-electron chi connectivity index (χ2n) is 4.84. The van der Waals surface area contributed by atoms with Gasteiger partial charge in [-0.25, -0.2) is 0 Å². The van der Waals surface area contributed by atoms with E-state index in [1.54, 1.807) is 7.11 Å². The van der Waals surface area contributed by atoms with Crippen LogP contribution in [0.1, 0.15) is 31.2 Å². The van der Waals surface area contributed by atoms with Crippen LogP contribution in [-0.2, 0) is 11.2 Å². The smallest absolute Gasteiger partial charge is 0.0948 e. The molecule has 1 N–H and O–H groups in total. The molecule has 1 aromatic carbocycles. The van der Waals surface area contributed by atoms with E-state index in [0.29, 0.717) is 6.42 Å². The molecule has 3 heteroatoms. The summed E-state index contributed by atoms with van der Waals surface area (Å²) in [5.41, 5.74) is 0.440. The summed E-state index contributed by atoms with van der Waals surface area (Å²) in [6.45, 7) is 0. The van der Waals surface area contributed by atoms with Gasteiger partial charge in [0.2, 0.25) is 0 Å². The molecular weight excluding hydrogens is 280 g/mol. The lowest BCUT2D eigenvalue weighted by Gasteiger charge is -2.39. The van der Waals surface area contributed by atoms with Crippen molar-refractivity contribution in [2.24, 2.45) is 0 Å². The zero-order valence-electron chi connectivity index (χ0n) is 10.2. The molecule has 1 aliphatic rings. The third-order valence-corrected chi connectivity index (χ3v) is 4.44. The summed E-state index contributed by atoms with van der Waals surface area (Å²) in [5.74, 6) is 0. The van der Waals surface area contributed by atoms with Crippen molar-refractivity contribution in [3.63, 3.8) is 0 Å². The predicted octanol–water partition coefficient (Wildman–Crippen LogP) is 3.31. The lowest BCUT2D eigenvalue weighted by molar-refractivity contribution is -0.116. The van der Waals surface area contributed by atoms with Gasteiger partial charge in [-0.15, -0.1) is 0 Å². The minimum absolute atomic E-state index is 0.0386. The van der Waals surface area contributed by atoms with E-state index in [1.165, 1.54) is 0 Å². The fraction of sp³-hybridized carbons (Fsp3) is 0.571. The Morgan fingerprint density at radius 2 is 2.18 bits per heavy atom. The van der Waals surface area contributed by atoms with Crippen LogP contribution in [0.3, 0.4) is 0 Å². The average Bonchev–Trinajstić information content (AvgIpc) is 2.32. The number of methoxy groups -OCH3 is 1. The second-order valence-corrected chi connectivity index (χ2v) is 5.70. The highest BCUT2D eigenvalue weighted by Crippen LogP contribution is 2.34. The molecule has 17 heavy (non-hydrogen) atoms. The van der Waals surface area contributed by atoms with Crippen LogP contribution in [0.15, 0.2) is 28.7 Å². The van der Waals surface area contributed by atoms with Gasteiger partial charge >= 0.3 is 0 Å². The highest BCUT2D eigenvalue weighted by molar-refractivity contribution is 9.10. The van der Waals surface area contributed by atoms with Crippen LogP contribution in [0.4, 0.5) is 0 Å². The Morgan fingerprint density at radius 3 is 2.88 bits per heavy atom. The molecule has 0 radical (unpaired) electrons. The van der Waals surface area contributed by atoms with Crippen molar-refractivity contribution in [2.45, 2.75) is 43.8 Å². The summed E-state index contributed by atoms with van der Waals surface area (Å²) in [6.07, 6.45) is 4.64. The van der Waals surface area contributed by atoms with Crippen LogP contribution < -0.4 is 0 Å². The minimum Gasteiger partial charge on any atom is -0.387 e. The van der Waals surface area contributed by atoms with Crippen molar-refractivity contribution in [1.82, 2.24) is 0 Å². The van der Waals surface area contributed by atoms with Crippen LogP contribution in [0.25, 0.3) is 0 Å². The lowest BCUT2D eigenvalue weighted by atomic mass is 9.78. The van der Waals surface area contributed by atoms with Crippen molar-refractivity contribution >= 4 is 15.9 Å². The molecule has 1 aromatic rings. The van der Waals surface area contributed by atoms with Crippen molar-refractivity contribution < 1.29 is 9.84 Å². The quantitative estimate of drug-likeness (QED) is 0.928. The molecule has 2 rings (SSSR count). The minimum atomic E-state index is -0.711. The van der Waals surface area contributed by atoms with Gasteiger partial charge in [-0.1, -0.05) is 47.0 Å². The van der Waals surface area contributed by atoms with Crippen molar-refractivity contribution in [1.29, 1.82) is 0 Å². The number of benzene rings is 1. The van der Waals surface area contributed by atoms with E-state index in [1.807, 2.05) is 18.2 Å². The summed E-state index contributed by atoms with van der Waals surface area (Å²) in [7, 11) is 1.70. The summed E-state index contributed by atoms with van der Waals surface area (Å²) >= 11 is 3.54. The number of ether oxygens (including phenoxy) is 1. The SMILES string of the molecule is COC1CCCCC1(O)Cc1ccccc1Br. The zero-order valence-corrected chi connectivity index (χ0v) is 11.7. The van der Waals surface area contributed by atoms with Crippen LogP contribution >= 0.6 is 15.9 Å². The van der Waals surface area contributed by atoms with Crippen LogP contribution in [0, 0.1) is 0 Å². The van der Waals surface area contributed by atoms with Gasteiger partial charge in [-0.05, 0) is 24.5 Å². The predicted molar refractivity (Wildman–Crippen MR) is 72.1 cm³/mol. The average molecular weight is 299 g/mol. The maximum absolute atomic E-state index is 10.8. The Morgan fingerprint density at radius 1 is 1.41 bits per heavy atom. The summed E-state index contributed by atoms with van der Waals surface area (Å²) in [5, 5.41) is 10.8. The standard InChI is InChI=1S/C14H19BrO2/c1-17-13-8-4-5-9-14(13,16)10-11-6-2-3-7-12(11)15/h2-3,6-7,13,16H,4-5,8-10H2,1H3. The molecule has 2 atom stereocenters. The Kier molecular flexibility index (Phi) is 4.23. The third kappa shape index (κ3) is 2.90. The van der Waals surface area contributed by atoms with E-state index in [2.05, 4.69) is 22.0 Å². The Hall–Kier alpha value is -0.380. The van der Waals surface area contributed by atoms with Gasteiger partial charge in [0, 0.05) is 18.0 Å². The monoisotopic (exact) mass is 298 g/mol. The van der Waals surface area contributed by atoms with E-state index in [9.17, 15) is 5.11 Å². The first-order chi connectivity index (χ1) is 8.15. The van der Waals surface area contributed by atoms with Crippen LogP contribution in [0.2, 0.25) is 0 Å². The van der Waals surface area contributed by atoms with E-state index in [4.69, 9.17) is 4.74 Å². The first-order valence-electron chi connectivity index (χ1n) is 6.14. The molecule has 0 aliphatic heterocycles. The second kappa shape index (κ2) is 5.51. The number of hydrogen-bond acceptors (Lipinski definition) is 2. The van der Waals surface area contributed by atoms with E-state index >= 15 is 0 Å². The van der Waals surface area contributed by atoms with Crippen molar-refractivity contribution in [2.75, 3.05) is 7.11 Å². The number of rotatable bonds is 3. The molecule has 0 bridgehead atoms. The molecule has 0 spiro atoms. The van der Waals surface area contributed by atoms with Gasteiger partial charge in [-0.2, -0.15) is 0 Å². The first kappa shape index (κ1) is 13.1. The largest absolute Gasteiger partial charge is 0.387 e. The fourth-order valence-corrected chi connectivity index (χ4v) is 3.13. The summed E-state index contributed by atoms with van der Waals surface area (Å²) < 4.78 is 6.52. The lowest BCUT2D eigenvalue weighted by Crippen LogP contribution is -2.47. The summed E-state index contributed by atoms with van der Waals surface area (Å²) in [4.78, 5) is 0. The molecular formula is C14H19BrO2. The molecule has 1 saturated carbocycles. The molecule has 1 fully saturated rings. The van der Waals surface area contributed by atoms with Gasteiger partial charge in [0.05, 0.1) is 11.7 Å². The number of halogens is 1. The highest BCUT2D eigenvalue weighted by Gasteiger charge is 2.39. The van der Waals surface area contributed by atoms with E-state index < -0.39 is 5.60 Å². The van der Waals surface area contributed by atoms with Gasteiger partial charge in [0.15, 0.2) is 0 Å². The topological polar surface area (TPSA) is 29.5 Å². The van der Waals surface area contributed by atoms with Gasteiger partial charge in [0.1, 0.15) is 0 Å². The molecule has 1 aliphatic carbocycles. The Balaban J connectivity index is 2.18. The Labute approximate surface area is 111 Å². The van der Waals surface area contributed by atoms with Gasteiger partial charge < -0.3 is 9.84 Å². The van der Waals surface area contributed by atoms with E-state index in [-0.39, 0.29) is 6.10 Å². The zero-order chi connectivity index (χ0) is 12.3. The molecule has 0 heterocycles. The molecule has 94 valence electrons. The van der Waals surface area contributed by atoms with Crippen molar-refractivity contribution in [3.05, 3.63) is 34.3 Å². The maximum atomic E-state index is 10.8. The van der Waals surface area contributed by atoms with Gasteiger partial charge in [-0.3, -0.25) is 0 Å². The normalized spacial score (nSPS) is 29.2. The van der Waals surface area contributed by atoms with Crippen LogP contribution in [0.5, 0.6) is 0 Å². The third-order valence-electron chi connectivity index (χ3n) is 3.66. The van der Waals surface area contributed by atoms with E-state index in [0.717, 1.165) is 35.7 Å². The summed E-state index contributed by atoms with van der Waals surface area (Å²) in [6, 6.07) is 8.08. The van der Waals surface area contributed by atoms with Crippen molar-refractivity contribution in [3.8, 4) is 0 Å². The fourth-order valence-electron chi connectivity index (χ4n) is 2.70. The molecule has 0 aromatic heterocycles.